The summed E-state index contributed by atoms with van der Waals surface area (Å²) in [6, 6.07) is 12.9. The largest absolute Gasteiger partial charge is 0.494 e. The van der Waals surface area contributed by atoms with Gasteiger partial charge in [0.05, 0.1) is 39.8 Å². The van der Waals surface area contributed by atoms with Crippen molar-refractivity contribution in [1.82, 2.24) is 24.0 Å². The number of fused-ring (bicyclic) bond motifs is 4. The van der Waals surface area contributed by atoms with Crippen LogP contribution >= 0.6 is 23.2 Å². The van der Waals surface area contributed by atoms with Gasteiger partial charge in [-0.15, -0.1) is 0 Å². The van der Waals surface area contributed by atoms with Crippen LogP contribution in [0.2, 0.25) is 10.0 Å². The van der Waals surface area contributed by atoms with Crippen molar-refractivity contribution < 1.29 is 19.4 Å². The van der Waals surface area contributed by atoms with Gasteiger partial charge in [0.15, 0.2) is 0 Å². The number of piperazine rings is 1. The van der Waals surface area contributed by atoms with E-state index >= 15 is 4.79 Å². The summed E-state index contributed by atoms with van der Waals surface area (Å²) >= 11 is 13.7. The van der Waals surface area contributed by atoms with Gasteiger partial charge < -0.3 is 33.7 Å². The predicted octanol–water partition coefficient (Wildman–Crippen LogP) is 8.64. The molecule has 3 aromatic heterocycles. The minimum Gasteiger partial charge on any atom is -0.494 e. The van der Waals surface area contributed by atoms with Crippen LogP contribution in [0.1, 0.15) is 61.8 Å². The number of hydrogen-bond donors (Lipinski definition) is 1. The summed E-state index contributed by atoms with van der Waals surface area (Å²) in [6.45, 7) is 13.0. The van der Waals surface area contributed by atoms with Crippen molar-refractivity contribution in [3.05, 3.63) is 98.0 Å². The van der Waals surface area contributed by atoms with Crippen LogP contribution in [0.25, 0.3) is 32.9 Å². The molecule has 11 nitrogen and oxygen atoms in total. The van der Waals surface area contributed by atoms with Crippen LogP contribution in [-0.4, -0.2) is 87.4 Å². The molecule has 0 saturated carbocycles. The van der Waals surface area contributed by atoms with E-state index in [9.17, 15) is 9.90 Å². The Bertz CT molecular complexity index is 2540. The molecule has 2 aliphatic heterocycles. The highest BCUT2D eigenvalue weighted by Crippen LogP contribution is 2.44. The number of halogens is 2. The number of aromatic carboxylic acids is 1. The van der Waals surface area contributed by atoms with Crippen LogP contribution in [0.3, 0.4) is 0 Å². The number of benzene rings is 3. The van der Waals surface area contributed by atoms with Crippen molar-refractivity contribution in [3.8, 4) is 16.9 Å². The van der Waals surface area contributed by atoms with Gasteiger partial charge in [0.1, 0.15) is 11.4 Å². The minimum absolute atomic E-state index is 0.144. The molecular formula is C44H47Cl2N7O4. The molecule has 6 aromatic rings. The second-order valence-corrected chi connectivity index (χ2v) is 16.2. The molecule has 0 spiro atoms. The number of nitrogens with zero attached hydrogens (tertiary/aromatic N) is 7. The number of carboxylic acids is 1. The lowest BCUT2D eigenvalue weighted by Gasteiger charge is -2.32. The monoisotopic (exact) mass is 807 g/mol. The molecule has 0 bridgehead atoms. The van der Waals surface area contributed by atoms with Gasteiger partial charge in [-0.05, 0) is 107 Å². The lowest BCUT2D eigenvalue weighted by molar-refractivity contribution is 0.0696. The van der Waals surface area contributed by atoms with E-state index in [2.05, 4.69) is 21.4 Å². The molecule has 0 atom stereocenters. The highest BCUT2D eigenvalue weighted by molar-refractivity contribution is 6.35. The SMILES string of the molecule is Cc1cc(OCCCc2c3n(c4c(-c5c(C)nc(N6CCN(C)CC6)nc5C)c(Cl)ccc24)CCCN(c2cn(C)c4ccc(C(=O)O)cc24)C3=O)cc(C)c1Cl. The topological polar surface area (TPSA) is 109 Å². The van der Waals surface area contributed by atoms with Crippen LogP contribution in [0, 0.1) is 27.7 Å². The summed E-state index contributed by atoms with van der Waals surface area (Å²) in [5.74, 6) is 0.318. The average molecular weight is 809 g/mol. The maximum absolute atomic E-state index is 15.2. The smallest absolute Gasteiger partial charge is 0.335 e. The first-order valence-electron chi connectivity index (χ1n) is 19.5. The van der Waals surface area contributed by atoms with Crippen LogP contribution in [-0.2, 0) is 20.0 Å². The van der Waals surface area contributed by atoms with Gasteiger partial charge in [0.2, 0.25) is 5.95 Å². The van der Waals surface area contributed by atoms with Crippen molar-refractivity contribution in [2.45, 2.75) is 53.5 Å². The molecule has 296 valence electrons. The summed E-state index contributed by atoms with van der Waals surface area (Å²) in [4.78, 5) is 43.7. The summed E-state index contributed by atoms with van der Waals surface area (Å²) in [6.07, 6.45) is 3.80. The number of aromatic nitrogens is 4. The molecule has 13 heteroatoms. The molecule has 0 unspecified atom stereocenters. The van der Waals surface area contributed by atoms with Crippen LogP contribution < -0.4 is 14.5 Å². The molecule has 0 radical (unpaired) electrons. The lowest BCUT2D eigenvalue weighted by atomic mass is 9.97. The van der Waals surface area contributed by atoms with E-state index in [1.165, 1.54) is 0 Å². The van der Waals surface area contributed by atoms with Gasteiger partial charge in [-0.25, -0.2) is 14.8 Å². The van der Waals surface area contributed by atoms with Crippen molar-refractivity contribution in [3.63, 3.8) is 0 Å². The summed E-state index contributed by atoms with van der Waals surface area (Å²) in [7, 11) is 4.04. The standard InChI is InChI=1S/C44H47Cl2N7O4/c1-25-21-30(22-26(2)39(25)46)57-20-7-9-31-32-11-12-34(45)38(37-27(3)47-44(48-28(37)4)51-18-16-49(5)17-19-51)40(32)53-15-8-14-52(42(54)41(31)53)36-24-50(6)35-13-10-29(43(55)56)23-33(35)36/h10-13,21-24H,7-9,14-20H2,1-6H3,(H,55,56). The van der Waals surface area contributed by atoms with Gasteiger partial charge in [-0.1, -0.05) is 29.3 Å². The Balaban J connectivity index is 1.25. The maximum Gasteiger partial charge on any atom is 0.335 e. The Morgan fingerprint density at radius 3 is 2.25 bits per heavy atom. The third kappa shape index (κ3) is 7.00. The molecule has 1 saturated heterocycles. The third-order valence-electron chi connectivity index (χ3n) is 11.5. The second-order valence-electron chi connectivity index (χ2n) is 15.5. The molecule has 2 aliphatic rings. The van der Waals surface area contributed by atoms with Gasteiger partial charge in [-0.2, -0.15) is 0 Å². The number of ether oxygens (including phenoxy) is 1. The summed E-state index contributed by atoms with van der Waals surface area (Å²) < 4.78 is 10.4. The maximum atomic E-state index is 15.2. The number of aryl methyl sites for hydroxylation is 7. The van der Waals surface area contributed by atoms with Crippen molar-refractivity contribution in [2.75, 3.05) is 56.2 Å². The minimum atomic E-state index is -1.02. The highest BCUT2D eigenvalue weighted by Gasteiger charge is 2.34. The number of hydrogen-bond acceptors (Lipinski definition) is 7. The number of carboxylic acid groups (broad SMARTS) is 1. The summed E-state index contributed by atoms with van der Waals surface area (Å²) in [5.41, 5.74) is 9.37. The fourth-order valence-corrected chi connectivity index (χ4v) is 9.01. The Morgan fingerprint density at radius 2 is 1.56 bits per heavy atom. The van der Waals surface area contributed by atoms with E-state index in [0.29, 0.717) is 60.7 Å². The van der Waals surface area contributed by atoms with E-state index in [1.807, 2.05) is 74.7 Å². The fraction of sp³-hybridized carbons (Fsp3) is 0.364. The first kappa shape index (κ1) is 38.8. The van der Waals surface area contributed by atoms with E-state index in [0.717, 1.165) is 98.5 Å². The molecule has 1 fully saturated rings. The highest BCUT2D eigenvalue weighted by atomic mass is 35.5. The van der Waals surface area contributed by atoms with Gasteiger partial charge in [0, 0.05) is 85.0 Å². The number of likely N-dealkylation sites (N-methyl/N-ethyl adjacent to an activating group) is 1. The molecular weight excluding hydrogens is 761 g/mol. The molecule has 8 rings (SSSR count). The van der Waals surface area contributed by atoms with E-state index in [4.69, 9.17) is 37.9 Å². The Hall–Kier alpha value is -5.10. The molecule has 1 N–H and O–H groups in total. The van der Waals surface area contributed by atoms with Crippen LogP contribution in [0.15, 0.2) is 48.7 Å². The van der Waals surface area contributed by atoms with Gasteiger partial charge in [0.25, 0.3) is 5.91 Å². The molecule has 0 aliphatic carbocycles. The van der Waals surface area contributed by atoms with Gasteiger partial charge in [-0.3, -0.25) is 4.79 Å². The second kappa shape index (κ2) is 15.3. The number of carbonyl (C=O) groups is 2. The first-order chi connectivity index (χ1) is 27.3. The zero-order valence-corrected chi connectivity index (χ0v) is 34.8. The van der Waals surface area contributed by atoms with Crippen molar-refractivity contribution in [1.29, 1.82) is 0 Å². The first-order valence-corrected chi connectivity index (χ1v) is 20.2. The Kier molecular flexibility index (Phi) is 10.4. The third-order valence-corrected chi connectivity index (χ3v) is 12.5. The summed E-state index contributed by atoms with van der Waals surface area (Å²) in [5, 5.41) is 12.8. The number of carbonyl (C=O) groups excluding carboxylic acids is 1. The number of amides is 1. The van der Waals surface area contributed by atoms with Crippen molar-refractivity contribution >= 4 is 68.5 Å². The quantitative estimate of drug-likeness (QED) is 0.145. The number of rotatable bonds is 9. The molecule has 1 amide bonds. The van der Waals surface area contributed by atoms with Crippen LogP contribution in [0.5, 0.6) is 5.75 Å². The zero-order chi connectivity index (χ0) is 40.3. The van der Waals surface area contributed by atoms with E-state index in [1.54, 1.807) is 18.2 Å². The average Bonchev–Trinajstić information content (AvgIpc) is 3.61. The van der Waals surface area contributed by atoms with Crippen molar-refractivity contribution in [2.24, 2.45) is 7.05 Å². The Labute approximate surface area is 342 Å². The normalized spacial score (nSPS) is 15.1. The van der Waals surface area contributed by atoms with Gasteiger partial charge >= 0.3 is 5.97 Å². The predicted molar refractivity (Wildman–Crippen MR) is 228 cm³/mol. The fourth-order valence-electron chi connectivity index (χ4n) is 8.65. The molecule has 5 heterocycles. The zero-order valence-electron chi connectivity index (χ0n) is 33.2. The van der Waals surface area contributed by atoms with Crippen LogP contribution in [0.4, 0.5) is 11.6 Å². The Morgan fingerprint density at radius 1 is 0.860 bits per heavy atom. The lowest BCUT2D eigenvalue weighted by Crippen LogP contribution is -2.45. The van der Waals surface area contributed by atoms with E-state index < -0.39 is 5.97 Å². The molecule has 57 heavy (non-hydrogen) atoms. The van der Waals surface area contributed by atoms with E-state index in [-0.39, 0.29) is 11.5 Å². The molecule has 3 aromatic carbocycles. The number of anilines is 2.